The van der Waals surface area contributed by atoms with Gasteiger partial charge in [-0.25, -0.2) is 4.99 Å². The van der Waals surface area contributed by atoms with Gasteiger partial charge in [0, 0.05) is 0 Å². The summed E-state index contributed by atoms with van der Waals surface area (Å²) in [6.07, 6.45) is 3.68. The van der Waals surface area contributed by atoms with Crippen molar-refractivity contribution in [2.75, 3.05) is 6.26 Å². The Balaban J connectivity index is 2.36. The van der Waals surface area contributed by atoms with Gasteiger partial charge in [0.2, 0.25) is 0 Å². The van der Waals surface area contributed by atoms with Gasteiger partial charge >= 0.3 is 0 Å². The number of amidine groups is 1. The molecule has 2 rings (SSSR count). The maximum atomic E-state index is 8.50. The summed E-state index contributed by atoms with van der Waals surface area (Å²) in [5.41, 5.74) is 2.27. The summed E-state index contributed by atoms with van der Waals surface area (Å²) in [5.74, 6) is 0. The van der Waals surface area contributed by atoms with Gasteiger partial charge in [-0.3, -0.25) is 5.32 Å². The quantitative estimate of drug-likeness (QED) is 0.335. The van der Waals surface area contributed by atoms with Gasteiger partial charge in [-0.15, -0.1) is 0 Å². The van der Waals surface area contributed by atoms with Crippen molar-refractivity contribution in [3.63, 3.8) is 0 Å². The van der Waals surface area contributed by atoms with Crippen molar-refractivity contribution < 1.29 is 0 Å². The maximum absolute atomic E-state index is 8.50. The van der Waals surface area contributed by atoms with E-state index in [2.05, 4.69) is 25.7 Å². The largest absolute Gasteiger partial charge is 0.271 e. The second kappa shape index (κ2) is 4.63. The number of aliphatic imine (C=N–C) groups is 1. The summed E-state index contributed by atoms with van der Waals surface area (Å²) in [6.45, 7) is 0. The molecule has 16 heavy (non-hydrogen) atoms. The molecular formula is C9H8N6S. The van der Waals surface area contributed by atoms with Gasteiger partial charge in [0.05, 0.1) is 5.69 Å². The van der Waals surface area contributed by atoms with Gasteiger partial charge in [-0.2, -0.15) is 20.7 Å². The van der Waals surface area contributed by atoms with E-state index in [-0.39, 0.29) is 0 Å². The smallest absolute Gasteiger partial charge is 0.183 e. The van der Waals surface area contributed by atoms with Crippen LogP contribution < -0.4 is 5.32 Å². The predicted octanol–water partition coefficient (Wildman–Crippen LogP) is 1.38. The van der Waals surface area contributed by atoms with Crippen molar-refractivity contribution in [2.45, 2.75) is 0 Å². The number of hydrogen-bond acceptors (Lipinski definition) is 5. The van der Waals surface area contributed by atoms with Gasteiger partial charge in [0.25, 0.3) is 0 Å². The number of nitrogens with zero attached hydrogens (tertiary/aromatic N) is 4. The van der Waals surface area contributed by atoms with Crippen molar-refractivity contribution in [3.8, 4) is 6.19 Å². The highest BCUT2D eigenvalue weighted by atomic mass is 32.2. The molecule has 2 N–H and O–H groups in total. The lowest BCUT2D eigenvalue weighted by Gasteiger charge is -1.98. The fourth-order valence-corrected chi connectivity index (χ4v) is 1.53. The summed E-state index contributed by atoms with van der Waals surface area (Å²) < 4.78 is 0. The Morgan fingerprint density at radius 3 is 3.06 bits per heavy atom. The minimum atomic E-state index is 0.547. The van der Waals surface area contributed by atoms with Crippen molar-refractivity contribution in [3.05, 3.63) is 18.2 Å². The molecule has 1 aromatic heterocycles. The Labute approximate surface area is 95.8 Å². The van der Waals surface area contributed by atoms with Crippen molar-refractivity contribution >= 4 is 33.7 Å². The molecule has 0 saturated carbocycles. The fourth-order valence-electron chi connectivity index (χ4n) is 1.19. The topological polar surface area (TPSA) is 89.8 Å². The second-order valence-corrected chi connectivity index (χ2v) is 3.65. The zero-order valence-electron chi connectivity index (χ0n) is 8.43. The molecule has 80 valence electrons. The molecule has 0 radical (unpaired) electrons. The first kappa shape index (κ1) is 10.4. The van der Waals surface area contributed by atoms with Crippen LogP contribution in [-0.4, -0.2) is 26.8 Å². The molecule has 0 atom stereocenters. The summed E-state index contributed by atoms with van der Waals surface area (Å²) in [6, 6.07) is 5.44. The highest BCUT2D eigenvalue weighted by molar-refractivity contribution is 8.13. The SMILES string of the molecule is CSC(=Nc1ccc2n[nH]nc2c1)NC#N. The first-order valence-corrected chi connectivity index (χ1v) is 5.64. The maximum Gasteiger partial charge on any atom is 0.183 e. The number of aromatic nitrogens is 3. The van der Waals surface area contributed by atoms with E-state index in [4.69, 9.17) is 5.26 Å². The lowest BCUT2D eigenvalue weighted by atomic mass is 10.3. The first-order valence-electron chi connectivity index (χ1n) is 4.42. The molecule has 1 aromatic carbocycles. The van der Waals surface area contributed by atoms with Gasteiger partial charge in [0.1, 0.15) is 11.0 Å². The number of fused-ring (bicyclic) bond motifs is 1. The number of nitrogens with one attached hydrogen (secondary N) is 2. The van der Waals surface area contributed by atoms with E-state index in [1.54, 1.807) is 6.07 Å². The van der Waals surface area contributed by atoms with Crippen LogP contribution in [0.25, 0.3) is 11.0 Å². The Morgan fingerprint density at radius 1 is 1.50 bits per heavy atom. The number of thioether (sulfide) groups is 1. The monoisotopic (exact) mass is 232 g/mol. The molecule has 1 heterocycles. The standard InChI is InChI=1S/C9H8N6S/c1-16-9(11-5-10)12-6-2-3-7-8(4-6)14-15-13-7/h2-4H,1H3,(H,11,12)(H,13,14,15). The summed E-state index contributed by atoms with van der Waals surface area (Å²) >= 11 is 1.37. The molecule has 7 heteroatoms. The molecule has 0 fully saturated rings. The van der Waals surface area contributed by atoms with E-state index in [0.717, 1.165) is 16.7 Å². The normalized spacial score (nSPS) is 11.4. The lowest BCUT2D eigenvalue weighted by Crippen LogP contribution is -2.12. The minimum Gasteiger partial charge on any atom is -0.271 e. The van der Waals surface area contributed by atoms with Crippen LogP contribution in [0.3, 0.4) is 0 Å². The number of nitriles is 1. The second-order valence-electron chi connectivity index (χ2n) is 2.85. The van der Waals surface area contributed by atoms with Gasteiger partial charge in [-0.05, 0) is 24.5 Å². The van der Waals surface area contributed by atoms with Crippen LogP contribution in [0.15, 0.2) is 23.2 Å². The molecule has 0 aliphatic rings. The molecule has 0 aliphatic carbocycles. The van der Waals surface area contributed by atoms with Crippen LogP contribution >= 0.6 is 11.8 Å². The van der Waals surface area contributed by atoms with Crippen LogP contribution in [0.2, 0.25) is 0 Å². The first-order chi connectivity index (χ1) is 7.83. The number of H-pyrrole nitrogens is 1. The highest BCUT2D eigenvalue weighted by Gasteiger charge is 2.00. The van der Waals surface area contributed by atoms with Crippen LogP contribution in [0.5, 0.6) is 0 Å². The third-order valence-corrected chi connectivity index (χ3v) is 2.47. The Kier molecular flexibility index (Phi) is 3.03. The summed E-state index contributed by atoms with van der Waals surface area (Å²) in [7, 11) is 0. The number of benzene rings is 1. The van der Waals surface area contributed by atoms with Gasteiger partial charge < -0.3 is 0 Å². The number of aromatic amines is 1. The van der Waals surface area contributed by atoms with Crippen LogP contribution in [0.1, 0.15) is 0 Å². The van der Waals surface area contributed by atoms with Crippen molar-refractivity contribution in [1.82, 2.24) is 20.7 Å². The molecule has 0 aliphatic heterocycles. The third-order valence-electron chi connectivity index (χ3n) is 1.89. The molecule has 0 saturated heterocycles. The van der Waals surface area contributed by atoms with Gasteiger partial charge in [0.15, 0.2) is 11.4 Å². The minimum absolute atomic E-state index is 0.547. The molecule has 0 bridgehead atoms. The molecular weight excluding hydrogens is 224 g/mol. The summed E-state index contributed by atoms with van der Waals surface area (Å²) in [4.78, 5) is 4.26. The van der Waals surface area contributed by atoms with Gasteiger partial charge in [-0.1, -0.05) is 11.8 Å². The average Bonchev–Trinajstić information content (AvgIpc) is 2.75. The number of rotatable bonds is 1. The molecule has 0 spiro atoms. The zero-order valence-corrected chi connectivity index (χ0v) is 9.25. The molecule has 0 amide bonds. The van der Waals surface area contributed by atoms with Crippen LogP contribution in [0.4, 0.5) is 5.69 Å². The summed E-state index contributed by atoms with van der Waals surface area (Å²) in [5, 5.41) is 22.0. The third kappa shape index (κ3) is 2.12. The van der Waals surface area contributed by atoms with Crippen molar-refractivity contribution in [2.24, 2.45) is 4.99 Å². The lowest BCUT2D eigenvalue weighted by molar-refractivity contribution is 0.959. The molecule has 6 nitrogen and oxygen atoms in total. The zero-order chi connectivity index (χ0) is 11.4. The Morgan fingerprint density at radius 2 is 2.31 bits per heavy atom. The van der Waals surface area contributed by atoms with E-state index in [0.29, 0.717) is 5.17 Å². The molecule has 2 aromatic rings. The Bertz CT molecular complexity index is 567. The van der Waals surface area contributed by atoms with E-state index in [1.807, 2.05) is 24.6 Å². The fraction of sp³-hybridized carbons (Fsp3) is 0.111. The highest BCUT2D eigenvalue weighted by Crippen LogP contribution is 2.18. The number of hydrogen-bond donors (Lipinski definition) is 2. The van der Waals surface area contributed by atoms with E-state index in [9.17, 15) is 0 Å². The molecule has 0 unspecified atom stereocenters. The van der Waals surface area contributed by atoms with E-state index >= 15 is 0 Å². The predicted molar refractivity (Wildman–Crippen MR) is 63.2 cm³/mol. The van der Waals surface area contributed by atoms with Crippen LogP contribution in [0, 0.1) is 11.5 Å². The van der Waals surface area contributed by atoms with E-state index in [1.165, 1.54) is 11.8 Å². The van der Waals surface area contributed by atoms with Crippen molar-refractivity contribution in [1.29, 1.82) is 5.26 Å². The van der Waals surface area contributed by atoms with E-state index < -0.39 is 0 Å². The average molecular weight is 232 g/mol. The Hall–Kier alpha value is -2.07. The van der Waals surface area contributed by atoms with Crippen LogP contribution in [-0.2, 0) is 0 Å².